The summed E-state index contributed by atoms with van der Waals surface area (Å²) in [5, 5.41) is 18.4. The predicted molar refractivity (Wildman–Crippen MR) is 73.1 cm³/mol. The minimum Gasteiger partial charge on any atom is -0.481 e. The molecule has 1 N–H and O–H groups in total. The lowest BCUT2D eigenvalue weighted by Crippen LogP contribution is -2.31. The van der Waals surface area contributed by atoms with Gasteiger partial charge in [0.05, 0.1) is 11.5 Å². The van der Waals surface area contributed by atoms with Crippen LogP contribution in [0.3, 0.4) is 0 Å². The second kappa shape index (κ2) is 6.01. The predicted octanol–water partition coefficient (Wildman–Crippen LogP) is 3.73. The molecule has 4 heteroatoms. The van der Waals surface area contributed by atoms with Gasteiger partial charge in [0.2, 0.25) is 0 Å². The van der Waals surface area contributed by atoms with Gasteiger partial charge in [-0.3, -0.25) is 4.79 Å². The van der Waals surface area contributed by atoms with E-state index >= 15 is 0 Å². The summed E-state index contributed by atoms with van der Waals surface area (Å²) in [6.45, 7) is 3.90. The zero-order valence-corrected chi connectivity index (χ0v) is 12.1. The first-order chi connectivity index (χ1) is 8.42. The first-order valence-corrected chi connectivity index (χ1v) is 6.61. The van der Waals surface area contributed by atoms with E-state index in [1.54, 1.807) is 0 Å². The van der Waals surface area contributed by atoms with Crippen molar-refractivity contribution in [2.24, 2.45) is 5.92 Å². The summed E-state index contributed by atoms with van der Waals surface area (Å²) in [5.41, 5.74) is 0.142. The Balaban J connectivity index is 3.15. The number of carbonyl (C=O) groups is 1. The lowest BCUT2D eigenvalue weighted by atomic mass is 9.70. The van der Waals surface area contributed by atoms with Crippen molar-refractivity contribution in [1.82, 2.24) is 0 Å². The van der Waals surface area contributed by atoms with Crippen LogP contribution in [0.15, 0.2) is 28.7 Å². The van der Waals surface area contributed by atoms with E-state index in [2.05, 4.69) is 22.0 Å². The van der Waals surface area contributed by atoms with E-state index in [-0.39, 0.29) is 12.3 Å². The van der Waals surface area contributed by atoms with E-state index < -0.39 is 11.4 Å². The van der Waals surface area contributed by atoms with Crippen LogP contribution in [0.1, 0.15) is 32.3 Å². The molecule has 0 aliphatic rings. The second-order valence-corrected chi connectivity index (χ2v) is 5.55. The number of aliphatic carboxylic acids is 1. The molecule has 18 heavy (non-hydrogen) atoms. The van der Waals surface area contributed by atoms with Crippen LogP contribution in [0.5, 0.6) is 0 Å². The highest BCUT2D eigenvalue weighted by Gasteiger charge is 2.36. The molecule has 0 radical (unpaired) electrons. The molecular weight excluding hydrogens is 294 g/mol. The van der Waals surface area contributed by atoms with E-state index in [1.165, 1.54) is 0 Å². The molecule has 0 spiro atoms. The summed E-state index contributed by atoms with van der Waals surface area (Å²) in [5.74, 6) is -0.810. The van der Waals surface area contributed by atoms with Gasteiger partial charge < -0.3 is 5.11 Å². The van der Waals surface area contributed by atoms with Crippen LogP contribution in [-0.4, -0.2) is 11.1 Å². The third-order valence-corrected chi connectivity index (χ3v) is 3.81. The monoisotopic (exact) mass is 309 g/mol. The van der Waals surface area contributed by atoms with Gasteiger partial charge in [0.25, 0.3) is 0 Å². The van der Waals surface area contributed by atoms with Crippen molar-refractivity contribution >= 4 is 21.9 Å². The maximum absolute atomic E-state index is 10.8. The van der Waals surface area contributed by atoms with Crippen molar-refractivity contribution in [2.75, 3.05) is 0 Å². The van der Waals surface area contributed by atoms with Gasteiger partial charge in [-0.15, -0.1) is 0 Å². The smallest absolute Gasteiger partial charge is 0.303 e. The van der Waals surface area contributed by atoms with E-state index in [1.807, 2.05) is 38.1 Å². The molecule has 96 valence electrons. The van der Waals surface area contributed by atoms with Crippen LogP contribution in [0.2, 0.25) is 0 Å². The summed E-state index contributed by atoms with van der Waals surface area (Å²) < 4.78 is 0.945. The molecule has 0 saturated carbocycles. The third-order valence-electron chi connectivity index (χ3n) is 3.28. The molecule has 0 heterocycles. The number of halogens is 1. The number of carboxylic acid groups (broad SMARTS) is 1. The van der Waals surface area contributed by atoms with E-state index in [4.69, 9.17) is 5.11 Å². The summed E-state index contributed by atoms with van der Waals surface area (Å²) in [6.07, 6.45) is 0.333. The first kappa shape index (κ1) is 14.7. The minimum atomic E-state index is -0.868. The topological polar surface area (TPSA) is 61.1 Å². The highest BCUT2D eigenvalue weighted by atomic mass is 79.9. The Morgan fingerprint density at radius 3 is 2.39 bits per heavy atom. The van der Waals surface area contributed by atoms with Crippen LogP contribution >= 0.6 is 15.9 Å². The Kier molecular flexibility index (Phi) is 4.92. The van der Waals surface area contributed by atoms with Gasteiger partial charge in [-0.2, -0.15) is 5.26 Å². The minimum absolute atomic E-state index is 0.00179. The summed E-state index contributed by atoms with van der Waals surface area (Å²) in [7, 11) is 0. The van der Waals surface area contributed by atoms with Crippen LogP contribution in [0.25, 0.3) is 0 Å². The largest absolute Gasteiger partial charge is 0.481 e. The standard InChI is InChI=1S/C14H16BrNO2/c1-10(2)14(9-16,8-7-13(17)18)11-3-5-12(15)6-4-11/h3-6,10H,7-8H2,1-2H3,(H,17,18). The Morgan fingerprint density at radius 2 is 2.00 bits per heavy atom. The summed E-state index contributed by atoms with van der Waals surface area (Å²) in [4.78, 5) is 10.8. The lowest BCUT2D eigenvalue weighted by molar-refractivity contribution is -0.137. The highest BCUT2D eigenvalue weighted by molar-refractivity contribution is 9.10. The van der Waals surface area contributed by atoms with Crippen LogP contribution in [-0.2, 0) is 10.2 Å². The fourth-order valence-corrected chi connectivity index (χ4v) is 2.33. The van der Waals surface area contributed by atoms with Gasteiger partial charge in [0, 0.05) is 10.9 Å². The zero-order chi connectivity index (χ0) is 13.8. The van der Waals surface area contributed by atoms with Gasteiger partial charge in [-0.05, 0) is 30.0 Å². The van der Waals surface area contributed by atoms with Crippen molar-refractivity contribution in [2.45, 2.75) is 32.1 Å². The molecule has 0 fully saturated rings. The molecule has 1 atom stereocenters. The van der Waals surface area contributed by atoms with Crippen molar-refractivity contribution < 1.29 is 9.90 Å². The number of benzene rings is 1. The molecule has 0 bridgehead atoms. The number of hydrogen-bond donors (Lipinski definition) is 1. The Labute approximate surface area is 116 Å². The molecule has 3 nitrogen and oxygen atoms in total. The fourth-order valence-electron chi connectivity index (χ4n) is 2.07. The number of nitrogens with zero attached hydrogens (tertiary/aromatic N) is 1. The van der Waals surface area contributed by atoms with E-state index in [0.29, 0.717) is 6.42 Å². The molecule has 1 aromatic carbocycles. The fraction of sp³-hybridized carbons (Fsp3) is 0.429. The molecule has 0 amide bonds. The summed E-state index contributed by atoms with van der Waals surface area (Å²) in [6, 6.07) is 9.85. The zero-order valence-electron chi connectivity index (χ0n) is 10.5. The Bertz CT molecular complexity index is 462. The summed E-state index contributed by atoms with van der Waals surface area (Å²) >= 11 is 3.36. The molecule has 0 saturated heterocycles. The molecule has 0 aliphatic carbocycles. The number of rotatable bonds is 5. The number of hydrogen-bond acceptors (Lipinski definition) is 2. The average molecular weight is 310 g/mol. The quantitative estimate of drug-likeness (QED) is 0.901. The lowest BCUT2D eigenvalue weighted by Gasteiger charge is -2.31. The van der Waals surface area contributed by atoms with Crippen molar-refractivity contribution in [3.63, 3.8) is 0 Å². The van der Waals surface area contributed by atoms with Crippen molar-refractivity contribution in [3.8, 4) is 6.07 Å². The van der Waals surface area contributed by atoms with Gasteiger partial charge in [0.15, 0.2) is 0 Å². The van der Waals surface area contributed by atoms with Gasteiger partial charge in [-0.1, -0.05) is 41.9 Å². The van der Waals surface area contributed by atoms with Crippen molar-refractivity contribution in [3.05, 3.63) is 34.3 Å². The maximum Gasteiger partial charge on any atom is 0.303 e. The molecule has 1 aromatic rings. The highest BCUT2D eigenvalue weighted by Crippen LogP contribution is 2.36. The van der Waals surface area contributed by atoms with Gasteiger partial charge in [0.1, 0.15) is 0 Å². The molecule has 0 aliphatic heterocycles. The number of nitriles is 1. The van der Waals surface area contributed by atoms with Gasteiger partial charge >= 0.3 is 5.97 Å². The van der Waals surface area contributed by atoms with Gasteiger partial charge in [-0.25, -0.2) is 0 Å². The average Bonchev–Trinajstić information content (AvgIpc) is 2.31. The molecule has 1 rings (SSSR count). The molecule has 0 aromatic heterocycles. The van der Waals surface area contributed by atoms with Crippen LogP contribution in [0.4, 0.5) is 0 Å². The normalized spacial score (nSPS) is 13.9. The van der Waals surface area contributed by atoms with Crippen molar-refractivity contribution in [1.29, 1.82) is 5.26 Å². The third kappa shape index (κ3) is 3.11. The Hall–Kier alpha value is -1.34. The van der Waals surface area contributed by atoms with Crippen LogP contribution < -0.4 is 0 Å². The second-order valence-electron chi connectivity index (χ2n) is 4.64. The maximum atomic E-state index is 10.8. The SMILES string of the molecule is CC(C)C(C#N)(CCC(=O)O)c1ccc(Br)cc1. The molecule has 1 unspecified atom stereocenters. The molecular formula is C14H16BrNO2. The number of carboxylic acids is 1. The Morgan fingerprint density at radius 1 is 1.44 bits per heavy atom. The van der Waals surface area contributed by atoms with Crippen LogP contribution in [0, 0.1) is 17.2 Å². The van der Waals surface area contributed by atoms with E-state index in [0.717, 1.165) is 10.0 Å². The van der Waals surface area contributed by atoms with E-state index in [9.17, 15) is 10.1 Å². The first-order valence-electron chi connectivity index (χ1n) is 5.81.